The molecule has 1 aromatic rings. The number of isocyanates is 1. The predicted molar refractivity (Wildman–Crippen MR) is 64.1 cm³/mol. The molecule has 5 heteroatoms. The third kappa shape index (κ3) is 4.95. The lowest BCUT2D eigenvalue weighted by molar-refractivity contribution is 0.0636. The number of ether oxygens (including phenoxy) is 1. The zero-order valence-corrected chi connectivity index (χ0v) is 9.98. The van der Waals surface area contributed by atoms with Crippen molar-refractivity contribution in [3.05, 3.63) is 24.3 Å². The van der Waals surface area contributed by atoms with Gasteiger partial charge in [-0.3, -0.25) is 5.32 Å². The van der Waals surface area contributed by atoms with Crippen molar-refractivity contribution in [2.24, 2.45) is 4.99 Å². The molecule has 0 saturated heterocycles. The van der Waals surface area contributed by atoms with E-state index in [9.17, 15) is 9.59 Å². The molecule has 0 bridgehead atoms. The van der Waals surface area contributed by atoms with Gasteiger partial charge in [0.25, 0.3) is 0 Å². The second-order valence-corrected chi connectivity index (χ2v) is 4.38. The molecule has 0 fully saturated rings. The highest BCUT2D eigenvalue weighted by atomic mass is 16.6. The SMILES string of the molecule is CC(C)(C)OC(=O)Nc1cccc(N=C=O)c1. The smallest absolute Gasteiger partial charge is 0.412 e. The van der Waals surface area contributed by atoms with Gasteiger partial charge in [0.2, 0.25) is 6.08 Å². The van der Waals surface area contributed by atoms with Gasteiger partial charge in [-0.1, -0.05) is 6.07 Å². The van der Waals surface area contributed by atoms with Gasteiger partial charge < -0.3 is 4.74 Å². The summed E-state index contributed by atoms with van der Waals surface area (Å²) in [5.41, 5.74) is 0.382. The molecule has 90 valence electrons. The minimum Gasteiger partial charge on any atom is -0.444 e. The monoisotopic (exact) mass is 234 g/mol. The Balaban J connectivity index is 2.72. The molecule has 5 nitrogen and oxygen atoms in total. The van der Waals surface area contributed by atoms with Gasteiger partial charge in [-0.15, -0.1) is 0 Å². The van der Waals surface area contributed by atoms with Crippen LogP contribution in [0.3, 0.4) is 0 Å². The summed E-state index contributed by atoms with van der Waals surface area (Å²) in [5.74, 6) is 0. The third-order valence-electron chi connectivity index (χ3n) is 1.67. The number of amides is 1. The Morgan fingerprint density at radius 3 is 2.71 bits per heavy atom. The van der Waals surface area contributed by atoms with Crippen molar-refractivity contribution in [2.45, 2.75) is 26.4 Å². The second-order valence-electron chi connectivity index (χ2n) is 4.38. The average Bonchev–Trinajstić information content (AvgIpc) is 2.15. The van der Waals surface area contributed by atoms with Crippen LogP contribution in [0, 0.1) is 0 Å². The highest BCUT2D eigenvalue weighted by molar-refractivity contribution is 5.85. The van der Waals surface area contributed by atoms with Crippen LogP contribution in [-0.2, 0) is 9.53 Å². The fourth-order valence-corrected chi connectivity index (χ4v) is 1.13. The molecule has 0 heterocycles. The number of hydrogen-bond acceptors (Lipinski definition) is 4. The number of benzene rings is 1. The Labute approximate surface area is 99.5 Å². The van der Waals surface area contributed by atoms with Gasteiger partial charge in [0.05, 0.1) is 5.69 Å². The first-order chi connectivity index (χ1) is 7.90. The summed E-state index contributed by atoms with van der Waals surface area (Å²) < 4.78 is 5.08. The van der Waals surface area contributed by atoms with Crippen LogP contribution in [0.25, 0.3) is 0 Å². The largest absolute Gasteiger partial charge is 0.444 e. The summed E-state index contributed by atoms with van der Waals surface area (Å²) in [7, 11) is 0. The summed E-state index contributed by atoms with van der Waals surface area (Å²) in [5, 5.41) is 2.55. The van der Waals surface area contributed by atoms with Crippen LogP contribution in [0.15, 0.2) is 29.3 Å². The number of hydrogen-bond donors (Lipinski definition) is 1. The Morgan fingerprint density at radius 2 is 2.12 bits per heavy atom. The van der Waals surface area contributed by atoms with E-state index >= 15 is 0 Å². The van der Waals surface area contributed by atoms with E-state index in [1.165, 1.54) is 6.08 Å². The highest BCUT2D eigenvalue weighted by Crippen LogP contribution is 2.18. The highest BCUT2D eigenvalue weighted by Gasteiger charge is 2.16. The summed E-state index contributed by atoms with van der Waals surface area (Å²) >= 11 is 0. The molecule has 0 saturated carbocycles. The van der Waals surface area contributed by atoms with Crippen molar-refractivity contribution in [1.82, 2.24) is 0 Å². The van der Waals surface area contributed by atoms with Gasteiger partial charge in [-0.25, -0.2) is 9.59 Å². The molecular weight excluding hydrogens is 220 g/mol. The Hall–Kier alpha value is -2.13. The van der Waals surface area contributed by atoms with E-state index in [1.807, 2.05) is 0 Å². The van der Waals surface area contributed by atoms with Gasteiger partial charge in [-0.2, -0.15) is 4.99 Å². The van der Waals surface area contributed by atoms with E-state index < -0.39 is 11.7 Å². The van der Waals surface area contributed by atoms with E-state index in [-0.39, 0.29) is 0 Å². The van der Waals surface area contributed by atoms with E-state index in [4.69, 9.17) is 4.74 Å². The van der Waals surface area contributed by atoms with Gasteiger partial charge in [0.15, 0.2) is 0 Å². The standard InChI is InChI=1S/C12H14N2O3/c1-12(2,3)17-11(16)14-10-6-4-5-9(7-10)13-8-15/h4-7H,1-3H3,(H,14,16). The first-order valence-corrected chi connectivity index (χ1v) is 5.09. The van der Waals surface area contributed by atoms with Crippen LogP contribution >= 0.6 is 0 Å². The van der Waals surface area contributed by atoms with Crippen LogP contribution in [0.5, 0.6) is 0 Å². The molecule has 0 atom stereocenters. The van der Waals surface area contributed by atoms with Crippen LogP contribution in [0.4, 0.5) is 16.2 Å². The normalized spacial score (nSPS) is 10.3. The van der Waals surface area contributed by atoms with Crippen LogP contribution in [0.2, 0.25) is 0 Å². The molecule has 0 aromatic heterocycles. The molecule has 0 radical (unpaired) electrons. The summed E-state index contributed by atoms with van der Waals surface area (Å²) in [6.07, 6.45) is 0.883. The van der Waals surface area contributed by atoms with E-state index in [1.54, 1.807) is 45.0 Å². The minimum atomic E-state index is -0.553. The molecule has 1 rings (SSSR count). The molecule has 1 N–H and O–H groups in total. The van der Waals surface area contributed by atoms with Gasteiger partial charge >= 0.3 is 6.09 Å². The molecule has 0 unspecified atom stereocenters. The first kappa shape index (κ1) is 12.9. The summed E-state index contributed by atoms with van der Waals surface area (Å²) in [4.78, 5) is 25.0. The Kier molecular flexibility index (Phi) is 4.01. The maximum Gasteiger partial charge on any atom is 0.412 e. The Bertz CT molecular complexity index is 457. The zero-order chi connectivity index (χ0) is 12.9. The number of carbonyl (C=O) groups excluding carboxylic acids is 2. The van der Waals surface area contributed by atoms with Crippen molar-refractivity contribution < 1.29 is 14.3 Å². The predicted octanol–water partition coefficient (Wildman–Crippen LogP) is 3.00. The van der Waals surface area contributed by atoms with Gasteiger partial charge in [-0.05, 0) is 39.0 Å². The number of nitrogens with one attached hydrogen (secondary N) is 1. The lowest BCUT2D eigenvalue weighted by Gasteiger charge is -2.19. The third-order valence-corrected chi connectivity index (χ3v) is 1.67. The quantitative estimate of drug-likeness (QED) is 0.631. The van der Waals surface area contributed by atoms with E-state index in [0.717, 1.165) is 0 Å². The maximum absolute atomic E-state index is 11.5. The Morgan fingerprint density at radius 1 is 1.41 bits per heavy atom. The molecule has 17 heavy (non-hydrogen) atoms. The fourth-order valence-electron chi connectivity index (χ4n) is 1.13. The number of aliphatic imine (C=N–C) groups is 1. The topological polar surface area (TPSA) is 67.8 Å². The maximum atomic E-state index is 11.5. The summed E-state index contributed by atoms with van der Waals surface area (Å²) in [6, 6.07) is 6.52. The molecule has 1 amide bonds. The van der Waals surface area contributed by atoms with Crippen molar-refractivity contribution in [1.29, 1.82) is 0 Å². The summed E-state index contributed by atoms with van der Waals surface area (Å²) in [6.45, 7) is 5.33. The van der Waals surface area contributed by atoms with Crippen LogP contribution < -0.4 is 5.32 Å². The fraction of sp³-hybridized carbons (Fsp3) is 0.333. The van der Waals surface area contributed by atoms with Crippen LogP contribution in [0.1, 0.15) is 20.8 Å². The lowest BCUT2D eigenvalue weighted by atomic mass is 10.2. The van der Waals surface area contributed by atoms with Crippen LogP contribution in [-0.4, -0.2) is 17.8 Å². The molecule has 1 aromatic carbocycles. The number of anilines is 1. The van der Waals surface area contributed by atoms with Crippen molar-refractivity contribution >= 4 is 23.5 Å². The van der Waals surface area contributed by atoms with Gasteiger partial charge in [0.1, 0.15) is 5.60 Å². The molecular formula is C12H14N2O3. The van der Waals surface area contributed by atoms with E-state index in [0.29, 0.717) is 11.4 Å². The molecule has 0 spiro atoms. The molecule has 0 aliphatic rings. The van der Waals surface area contributed by atoms with Crippen molar-refractivity contribution in [2.75, 3.05) is 5.32 Å². The second kappa shape index (κ2) is 5.27. The zero-order valence-electron chi connectivity index (χ0n) is 9.98. The van der Waals surface area contributed by atoms with Crippen molar-refractivity contribution in [3.63, 3.8) is 0 Å². The minimum absolute atomic E-state index is 0.425. The average molecular weight is 234 g/mol. The lowest BCUT2D eigenvalue weighted by Crippen LogP contribution is -2.27. The van der Waals surface area contributed by atoms with Gasteiger partial charge in [0, 0.05) is 5.69 Å². The van der Waals surface area contributed by atoms with E-state index in [2.05, 4.69) is 10.3 Å². The molecule has 0 aliphatic heterocycles. The number of carbonyl (C=O) groups is 1. The molecule has 0 aliphatic carbocycles. The number of rotatable bonds is 2. The number of nitrogens with zero attached hydrogens (tertiary/aromatic N) is 1. The van der Waals surface area contributed by atoms with Crippen molar-refractivity contribution in [3.8, 4) is 0 Å². The first-order valence-electron chi connectivity index (χ1n) is 5.09.